The van der Waals surface area contributed by atoms with E-state index in [1.54, 1.807) is 6.07 Å². The van der Waals surface area contributed by atoms with Crippen LogP contribution in [-0.4, -0.2) is 28.4 Å². The Morgan fingerprint density at radius 3 is 2.52 bits per heavy atom. The van der Waals surface area contributed by atoms with Crippen molar-refractivity contribution in [3.05, 3.63) is 82.2 Å². The first-order chi connectivity index (χ1) is 15.8. The van der Waals surface area contributed by atoms with E-state index in [1.807, 2.05) is 30.3 Å². The summed E-state index contributed by atoms with van der Waals surface area (Å²) in [5, 5.41) is 1.20. The lowest BCUT2D eigenvalue weighted by atomic mass is 9.97. The van der Waals surface area contributed by atoms with Crippen molar-refractivity contribution in [2.75, 3.05) is 6.54 Å². The molecule has 2 aliphatic rings. The van der Waals surface area contributed by atoms with E-state index in [0.29, 0.717) is 15.3 Å². The molecule has 1 unspecified atom stereocenters. The van der Waals surface area contributed by atoms with Gasteiger partial charge in [0.25, 0.3) is 0 Å². The molecule has 3 aromatic rings. The van der Waals surface area contributed by atoms with Crippen LogP contribution in [0, 0.1) is 0 Å². The Kier molecular flexibility index (Phi) is 5.13. The highest BCUT2D eigenvalue weighted by atomic mass is 32.1. The molecule has 3 amide bonds. The number of rotatable bonds is 5. The maximum atomic E-state index is 13.6. The normalized spacial score (nSPS) is 19.7. The lowest BCUT2D eigenvalue weighted by molar-refractivity contribution is -0.141. The summed E-state index contributed by atoms with van der Waals surface area (Å²) in [5.41, 5.74) is 6.29. The van der Waals surface area contributed by atoms with Gasteiger partial charge < -0.3 is 10.6 Å². The summed E-state index contributed by atoms with van der Waals surface area (Å²) in [6.45, 7) is 0.284. The summed E-state index contributed by atoms with van der Waals surface area (Å²) in [4.78, 5) is 33.2. The summed E-state index contributed by atoms with van der Waals surface area (Å²) in [7, 11) is 0. The van der Waals surface area contributed by atoms with E-state index >= 15 is 0 Å². The fourth-order valence-electron chi connectivity index (χ4n) is 4.30. The van der Waals surface area contributed by atoms with Gasteiger partial charge in [-0.3, -0.25) is 9.63 Å². The number of carbonyl (C=O) groups is 2. The molecule has 0 saturated carbocycles. The van der Waals surface area contributed by atoms with Crippen LogP contribution in [0.2, 0.25) is 0 Å². The van der Waals surface area contributed by atoms with Crippen LogP contribution in [0.5, 0.6) is 0 Å². The molecule has 6 nitrogen and oxygen atoms in total. The Morgan fingerprint density at radius 1 is 1.12 bits per heavy atom. The largest absolute Gasteiger partial charge is 0.417 e. The van der Waals surface area contributed by atoms with Gasteiger partial charge in [0.15, 0.2) is 0 Å². The summed E-state index contributed by atoms with van der Waals surface area (Å²) in [6.07, 6.45) is -4.53. The monoisotopic (exact) mass is 473 g/mol. The molecule has 1 saturated heterocycles. The molecule has 170 valence electrons. The second-order valence-electron chi connectivity index (χ2n) is 7.81. The first-order valence-electron chi connectivity index (χ1n) is 10.1. The molecule has 33 heavy (non-hydrogen) atoms. The molecule has 0 radical (unpaired) electrons. The molecular formula is C23H18F3N3O3S. The van der Waals surface area contributed by atoms with E-state index in [0.717, 1.165) is 23.0 Å². The van der Waals surface area contributed by atoms with Crippen LogP contribution in [0.15, 0.2) is 60.7 Å². The highest BCUT2D eigenvalue weighted by molar-refractivity contribution is 7.16. The molecular weight excluding hydrogens is 455 g/mol. The van der Waals surface area contributed by atoms with Gasteiger partial charge in [0.2, 0.25) is 5.91 Å². The topological polar surface area (TPSA) is 75.9 Å². The first-order valence-corrected chi connectivity index (χ1v) is 10.9. The summed E-state index contributed by atoms with van der Waals surface area (Å²) < 4.78 is 40.8. The van der Waals surface area contributed by atoms with Crippen LogP contribution in [0.25, 0.3) is 10.4 Å². The van der Waals surface area contributed by atoms with E-state index in [2.05, 4.69) is 0 Å². The number of benzene rings is 2. The second kappa shape index (κ2) is 7.89. The van der Waals surface area contributed by atoms with Crippen molar-refractivity contribution >= 4 is 23.3 Å². The highest BCUT2D eigenvalue weighted by Gasteiger charge is 2.51. The molecule has 2 atom stereocenters. The van der Waals surface area contributed by atoms with E-state index in [4.69, 9.17) is 10.6 Å². The molecule has 1 fully saturated rings. The minimum Gasteiger partial charge on any atom is -0.368 e. The molecule has 2 aromatic carbocycles. The molecule has 2 aliphatic heterocycles. The van der Waals surface area contributed by atoms with Crippen LogP contribution in [-0.2, 0) is 22.4 Å². The van der Waals surface area contributed by atoms with Gasteiger partial charge in [-0.15, -0.1) is 11.3 Å². The highest BCUT2D eigenvalue weighted by Crippen LogP contribution is 2.50. The second-order valence-corrected chi connectivity index (χ2v) is 8.90. The SMILES string of the molecule is NC(=O)C1c2sc(-c3ccccc3C(F)(F)F)cc2[C@H]2CN1C(=O)N2OCc1ccccc1. The number of nitrogens with zero attached hydrogens (tertiary/aromatic N) is 2. The third-order valence-corrected chi connectivity index (χ3v) is 7.01. The van der Waals surface area contributed by atoms with E-state index in [-0.39, 0.29) is 18.7 Å². The number of hydrogen-bond donors (Lipinski definition) is 1. The fraction of sp³-hybridized carbons (Fsp3) is 0.217. The molecule has 10 heteroatoms. The van der Waals surface area contributed by atoms with Crippen molar-refractivity contribution in [3.8, 4) is 10.4 Å². The Bertz CT molecular complexity index is 1230. The van der Waals surface area contributed by atoms with Crippen molar-refractivity contribution in [1.82, 2.24) is 9.96 Å². The minimum atomic E-state index is -4.53. The average Bonchev–Trinajstić information content (AvgIpc) is 3.34. The van der Waals surface area contributed by atoms with Crippen molar-refractivity contribution in [2.24, 2.45) is 5.73 Å². The smallest absolute Gasteiger partial charge is 0.368 e. The Hall–Kier alpha value is -3.37. The first kappa shape index (κ1) is 21.5. The predicted molar refractivity (Wildman–Crippen MR) is 115 cm³/mol. The standard InChI is InChI=1S/C23H18F3N3O3S/c24-23(25,26)16-9-5-4-8-14(16)18-10-15-17-11-28(19(21(27)30)20(15)33-18)22(31)29(17)32-12-13-6-2-1-3-7-13/h1-10,17,19H,11-12H2,(H2,27,30)/t17-,19?/m1/s1. The molecule has 0 spiro atoms. The predicted octanol–water partition coefficient (Wildman–Crippen LogP) is 4.88. The van der Waals surface area contributed by atoms with Crippen molar-refractivity contribution in [3.63, 3.8) is 0 Å². The average molecular weight is 473 g/mol. The Balaban J connectivity index is 1.55. The molecule has 2 N–H and O–H groups in total. The van der Waals surface area contributed by atoms with Crippen molar-refractivity contribution in [2.45, 2.75) is 24.9 Å². The molecule has 5 rings (SSSR count). The quantitative estimate of drug-likeness (QED) is 0.574. The molecule has 3 heterocycles. The lowest BCUT2D eigenvalue weighted by Gasteiger charge is -2.28. The van der Waals surface area contributed by atoms with Crippen LogP contribution >= 0.6 is 11.3 Å². The maximum Gasteiger partial charge on any atom is 0.417 e. The van der Waals surface area contributed by atoms with Gasteiger partial charge in [0.1, 0.15) is 18.7 Å². The number of fused-ring (bicyclic) bond motifs is 4. The van der Waals surface area contributed by atoms with Gasteiger partial charge in [-0.05, 0) is 23.3 Å². The van der Waals surface area contributed by atoms with Gasteiger partial charge in [-0.25, -0.2) is 4.79 Å². The van der Waals surface area contributed by atoms with Gasteiger partial charge in [0, 0.05) is 15.3 Å². The third kappa shape index (κ3) is 3.65. The Morgan fingerprint density at radius 2 is 1.82 bits per heavy atom. The van der Waals surface area contributed by atoms with Gasteiger partial charge in [0.05, 0.1) is 12.1 Å². The van der Waals surface area contributed by atoms with Crippen LogP contribution in [0.1, 0.15) is 33.7 Å². The van der Waals surface area contributed by atoms with Crippen LogP contribution in [0.4, 0.5) is 18.0 Å². The number of alkyl halides is 3. The lowest BCUT2D eigenvalue weighted by Crippen LogP contribution is -2.40. The van der Waals surface area contributed by atoms with E-state index in [9.17, 15) is 22.8 Å². The number of urea groups is 1. The van der Waals surface area contributed by atoms with Crippen LogP contribution in [0.3, 0.4) is 0 Å². The number of halogens is 3. The number of nitrogens with two attached hydrogens (primary N) is 1. The third-order valence-electron chi connectivity index (χ3n) is 5.78. The van der Waals surface area contributed by atoms with Crippen LogP contribution < -0.4 is 5.73 Å². The summed E-state index contributed by atoms with van der Waals surface area (Å²) in [5.74, 6) is -0.745. The van der Waals surface area contributed by atoms with Crippen molar-refractivity contribution < 1.29 is 27.6 Å². The van der Waals surface area contributed by atoms with Gasteiger partial charge in [-0.2, -0.15) is 18.2 Å². The molecule has 1 aromatic heterocycles. The van der Waals surface area contributed by atoms with Gasteiger partial charge in [-0.1, -0.05) is 48.5 Å². The number of primary amides is 1. The number of carbonyl (C=O) groups excluding carboxylic acids is 2. The molecule has 0 aliphatic carbocycles. The zero-order valence-electron chi connectivity index (χ0n) is 17.1. The van der Waals surface area contributed by atoms with E-state index < -0.39 is 35.8 Å². The number of hydrogen-bond acceptors (Lipinski definition) is 4. The zero-order valence-corrected chi connectivity index (χ0v) is 17.9. The summed E-state index contributed by atoms with van der Waals surface area (Å²) >= 11 is 1.04. The Labute approximate surface area is 190 Å². The van der Waals surface area contributed by atoms with Crippen molar-refractivity contribution in [1.29, 1.82) is 0 Å². The summed E-state index contributed by atoms with van der Waals surface area (Å²) in [6, 6.07) is 14.0. The number of amides is 3. The van der Waals surface area contributed by atoms with Gasteiger partial charge >= 0.3 is 12.2 Å². The van der Waals surface area contributed by atoms with E-state index in [1.165, 1.54) is 28.2 Å². The number of hydroxylamine groups is 2. The number of thiophene rings is 1. The zero-order chi connectivity index (χ0) is 23.3. The fourth-order valence-corrected chi connectivity index (χ4v) is 5.68. The maximum absolute atomic E-state index is 13.6. The minimum absolute atomic E-state index is 0.0153. The molecule has 2 bridgehead atoms.